The molecule has 2 N–H and O–H groups in total. The Kier molecular flexibility index (Phi) is 3.72. The Bertz CT molecular complexity index is 690. The summed E-state index contributed by atoms with van der Waals surface area (Å²) in [6.07, 6.45) is 0. The lowest BCUT2D eigenvalue weighted by Gasteiger charge is -2.29. The van der Waals surface area contributed by atoms with Gasteiger partial charge in [-0.25, -0.2) is 8.78 Å². The first-order valence-electron chi connectivity index (χ1n) is 6.52. The molecule has 0 unspecified atom stereocenters. The summed E-state index contributed by atoms with van der Waals surface area (Å²) < 4.78 is 38.2. The molecule has 0 saturated carbocycles. The summed E-state index contributed by atoms with van der Waals surface area (Å²) >= 11 is 0. The molecule has 7 nitrogen and oxygen atoms in total. The third-order valence-corrected chi connectivity index (χ3v) is 3.24. The maximum atomic E-state index is 14.2. The van der Waals surface area contributed by atoms with E-state index < -0.39 is 23.4 Å². The first-order chi connectivity index (χ1) is 10.6. The molecule has 0 radical (unpaired) electrons. The molecular weight excluding hydrogens is 298 g/mol. The molecule has 0 aliphatic carbocycles. The van der Waals surface area contributed by atoms with Gasteiger partial charge in [-0.2, -0.15) is 4.98 Å². The second-order valence-corrected chi connectivity index (χ2v) is 4.68. The quantitative estimate of drug-likeness (QED) is 0.907. The molecule has 1 aromatic heterocycles. The fourth-order valence-electron chi connectivity index (χ4n) is 2.22. The van der Waals surface area contributed by atoms with E-state index in [9.17, 15) is 13.6 Å². The van der Waals surface area contributed by atoms with Crippen LogP contribution in [-0.4, -0.2) is 42.4 Å². The number of halogens is 2. The van der Waals surface area contributed by atoms with Gasteiger partial charge < -0.3 is 19.9 Å². The number of hydrogen-bond acceptors (Lipinski definition) is 6. The van der Waals surface area contributed by atoms with Crippen molar-refractivity contribution in [3.63, 3.8) is 0 Å². The van der Waals surface area contributed by atoms with Gasteiger partial charge in [0, 0.05) is 18.7 Å². The van der Waals surface area contributed by atoms with E-state index in [1.165, 1.54) is 0 Å². The molecule has 116 valence electrons. The van der Waals surface area contributed by atoms with Gasteiger partial charge >= 0.3 is 11.8 Å². The van der Waals surface area contributed by atoms with Gasteiger partial charge in [-0.15, -0.1) is 0 Å². The smallest absolute Gasteiger partial charge is 0.316 e. The van der Waals surface area contributed by atoms with Crippen LogP contribution in [0.15, 0.2) is 16.7 Å². The molecule has 0 spiro atoms. The molecule has 2 aromatic rings. The van der Waals surface area contributed by atoms with Crippen molar-refractivity contribution in [3.8, 4) is 11.4 Å². The minimum absolute atomic E-state index is 0.0586. The minimum atomic E-state index is -0.912. The molecule has 9 heteroatoms. The lowest BCUT2D eigenvalue weighted by Crippen LogP contribution is -2.37. The Balaban J connectivity index is 1.95. The minimum Gasteiger partial charge on any atom is -0.378 e. The van der Waals surface area contributed by atoms with Crippen molar-refractivity contribution in [2.45, 2.75) is 0 Å². The largest absolute Gasteiger partial charge is 0.378 e. The van der Waals surface area contributed by atoms with E-state index in [1.807, 2.05) is 0 Å². The average Bonchev–Trinajstić information content (AvgIpc) is 2.97. The number of ether oxygens (including phenoxy) is 1. The Morgan fingerprint density at radius 1 is 1.23 bits per heavy atom. The van der Waals surface area contributed by atoms with Crippen LogP contribution in [0.1, 0.15) is 10.7 Å². The van der Waals surface area contributed by atoms with E-state index in [0.29, 0.717) is 26.3 Å². The van der Waals surface area contributed by atoms with Crippen LogP contribution in [0.2, 0.25) is 0 Å². The van der Waals surface area contributed by atoms with Gasteiger partial charge in [0.15, 0.2) is 0 Å². The number of primary amides is 1. The molecule has 2 heterocycles. The molecule has 1 saturated heterocycles. The number of nitrogens with two attached hydrogens (primary N) is 1. The van der Waals surface area contributed by atoms with Crippen LogP contribution in [0.5, 0.6) is 0 Å². The zero-order valence-electron chi connectivity index (χ0n) is 11.4. The highest BCUT2D eigenvalue weighted by molar-refractivity contribution is 5.88. The number of amides is 1. The molecule has 3 rings (SSSR count). The summed E-state index contributed by atoms with van der Waals surface area (Å²) in [5, 5.41) is 3.48. The number of hydrogen-bond donors (Lipinski definition) is 1. The zero-order valence-corrected chi connectivity index (χ0v) is 11.4. The van der Waals surface area contributed by atoms with Gasteiger partial charge in [0.05, 0.1) is 13.2 Å². The molecule has 1 amide bonds. The fourth-order valence-corrected chi connectivity index (χ4v) is 2.22. The van der Waals surface area contributed by atoms with Gasteiger partial charge in [0.2, 0.25) is 5.82 Å². The summed E-state index contributed by atoms with van der Waals surface area (Å²) in [6.45, 7) is 1.63. The van der Waals surface area contributed by atoms with Crippen LogP contribution < -0.4 is 10.6 Å². The molecule has 0 atom stereocenters. The number of nitrogens with zero attached hydrogens (tertiary/aromatic N) is 3. The Morgan fingerprint density at radius 2 is 1.86 bits per heavy atom. The third kappa shape index (κ3) is 2.62. The second-order valence-electron chi connectivity index (χ2n) is 4.68. The van der Waals surface area contributed by atoms with Gasteiger partial charge in [-0.1, -0.05) is 5.16 Å². The summed E-state index contributed by atoms with van der Waals surface area (Å²) in [5.74, 6) is -2.94. The standard InChI is InChI=1S/C13H12F2N4O3/c14-8-5-7(12-17-13(11(16)20)22-18-12)6-9(15)10(8)19-1-3-21-4-2-19/h5-6H,1-4H2,(H2,16,20). The highest BCUT2D eigenvalue weighted by atomic mass is 19.1. The van der Waals surface area contributed by atoms with Gasteiger partial charge in [-0.3, -0.25) is 4.79 Å². The van der Waals surface area contributed by atoms with E-state index in [0.717, 1.165) is 12.1 Å². The number of carbonyl (C=O) groups excluding carboxylic acids is 1. The lowest BCUT2D eigenvalue weighted by molar-refractivity contribution is 0.0958. The van der Waals surface area contributed by atoms with Crippen LogP contribution in [0, 0.1) is 11.6 Å². The first-order valence-corrected chi connectivity index (χ1v) is 6.52. The predicted molar refractivity (Wildman–Crippen MR) is 71.2 cm³/mol. The van der Waals surface area contributed by atoms with E-state index in [-0.39, 0.29) is 17.1 Å². The number of aromatic nitrogens is 2. The van der Waals surface area contributed by atoms with Crippen LogP contribution in [-0.2, 0) is 4.74 Å². The third-order valence-electron chi connectivity index (χ3n) is 3.24. The van der Waals surface area contributed by atoms with Crippen molar-refractivity contribution in [2.75, 3.05) is 31.2 Å². The van der Waals surface area contributed by atoms with E-state index >= 15 is 0 Å². The highest BCUT2D eigenvalue weighted by Crippen LogP contribution is 2.29. The molecule has 22 heavy (non-hydrogen) atoms. The number of benzene rings is 1. The second kappa shape index (κ2) is 5.68. The summed E-state index contributed by atoms with van der Waals surface area (Å²) in [6, 6.07) is 2.17. The van der Waals surface area contributed by atoms with Gasteiger partial charge in [0.1, 0.15) is 17.3 Å². The van der Waals surface area contributed by atoms with Crippen molar-refractivity contribution in [2.24, 2.45) is 5.73 Å². The predicted octanol–water partition coefficient (Wildman–Crippen LogP) is 0.950. The Morgan fingerprint density at radius 3 is 2.41 bits per heavy atom. The summed E-state index contributed by atoms with van der Waals surface area (Å²) in [5.41, 5.74) is 4.92. The molecule has 0 bridgehead atoms. The van der Waals surface area contributed by atoms with E-state index in [1.54, 1.807) is 4.90 Å². The topological polar surface area (TPSA) is 94.5 Å². The zero-order chi connectivity index (χ0) is 15.7. The maximum absolute atomic E-state index is 14.2. The van der Waals surface area contributed by atoms with Crippen LogP contribution in [0.4, 0.5) is 14.5 Å². The number of morpholine rings is 1. The van der Waals surface area contributed by atoms with Crippen molar-refractivity contribution < 1.29 is 22.8 Å². The summed E-state index contributed by atoms with van der Waals surface area (Å²) in [4.78, 5) is 16.2. The molecular formula is C13H12F2N4O3. The Hall–Kier alpha value is -2.55. The first kappa shape index (κ1) is 14.4. The van der Waals surface area contributed by atoms with Crippen LogP contribution in [0.3, 0.4) is 0 Å². The van der Waals surface area contributed by atoms with Crippen molar-refractivity contribution >= 4 is 11.6 Å². The monoisotopic (exact) mass is 310 g/mol. The molecule has 1 aliphatic heterocycles. The molecule has 1 aliphatic rings. The lowest BCUT2D eigenvalue weighted by atomic mass is 10.1. The number of rotatable bonds is 3. The van der Waals surface area contributed by atoms with Crippen molar-refractivity contribution in [3.05, 3.63) is 29.7 Å². The van der Waals surface area contributed by atoms with Crippen molar-refractivity contribution in [1.82, 2.24) is 10.1 Å². The molecule has 1 fully saturated rings. The number of carbonyl (C=O) groups is 1. The van der Waals surface area contributed by atoms with E-state index in [2.05, 4.69) is 14.7 Å². The van der Waals surface area contributed by atoms with Gasteiger partial charge in [-0.05, 0) is 12.1 Å². The van der Waals surface area contributed by atoms with E-state index in [4.69, 9.17) is 10.5 Å². The maximum Gasteiger partial charge on any atom is 0.316 e. The van der Waals surface area contributed by atoms with Crippen molar-refractivity contribution in [1.29, 1.82) is 0 Å². The Labute approximate surface area is 123 Å². The fraction of sp³-hybridized carbons (Fsp3) is 0.308. The normalized spacial score (nSPS) is 15.1. The summed E-state index contributed by atoms with van der Waals surface area (Å²) in [7, 11) is 0. The van der Waals surface area contributed by atoms with Gasteiger partial charge in [0.25, 0.3) is 0 Å². The average molecular weight is 310 g/mol. The van der Waals surface area contributed by atoms with Crippen LogP contribution in [0.25, 0.3) is 11.4 Å². The molecule has 1 aromatic carbocycles. The van der Waals surface area contributed by atoms with Crippen LogP contribution >= 0.6 is 0 Å². The SMILES string of the molecule is NC(=O)c1nc(-c2cc(F)c(N3CCOCC3)c(F)c2)no1. The highest BCUT2D eigenvalue weighted by Gasteiger charge is 2.22. The number of anilines is 1.